The van der Waals surface area contributed by atoms with Crippen LogP contribution in [-0.4, -0.2) is 57.2 Å². The average Bonchev–Trinajstić information content (AvgIpc) is 3.70. The second-order valence-electron chi connectivity index (χ2n) is 9.19. The molecule has 0 spiro atoms. The van der Waals surface area contributed by atoms with Crippen LogP contribution in [0.1, 0.15) is 48.7 Å². The third-order valence-corrected chi connectivity index (χ3v) is 5.33. The van der Waals surface area contributed by atoms with Crippen molar-refractivity contribution in [3.05, 3.63) is 54.6 Å². The van der Waals surface area contributed by atoms with Crippen LogP contribution in [0.15, 0.2) is 43.4 Å². The first-order valence-corrected chi connectivity index (χ1v) is 11.4. The van der Waals surface area contributed by atoms with Crippen molar-refractivity contribution >= 4 is 29.2 Å². The first-order chi connectivity index (χ1) is 17.3. The van der Waals surface area contributed by atoms with Gasteiger partial charge in [0.1, 0.15) is 6.33 Å². The predicted octanol–water partition coefficient (Wildman–Crippen LogP) is 3.30. The number of pyridine rings is 1. The van der Waals surface area contributed by atoms with Crippen molar-refractivity contribution in [2.45, 2.75) is 32.6 Å². The molecule has 0 saturated heterocycles. The summed E-state index contributed by atoms with van der Waals surface area (Å²) in [5.74, 6) is 0.165. The molecule has 0 aromatic carbocycles. The Balaban J connectivity index is 1.48. The van der Waals surface area contributed by atoms with Gasteiger partial charge in [-0.1, -0.05) is 13.8 Å². The van der Waals surface area contributed by atoms with Gasteiger partial charge >= 0.3 is 6.09 Å². The summed E-state index contributed by atoms with van der Waals surface area (Å²) in [5, 5.41) is 8.46. The van der Waals surface area contributed by atoms with E-state index >= 15 is 0 Å². The van der Waals surface area contributed by atoms with Gasteiger partial charge in [0.05, 0.1) is 54.0 Å². The van der Waals surface area contributed by atoms with Gasteiger partial charge in [0.25, 0.3) is 11.8 Å². The van der Waals surface area contributed by atoms with E-state index in [1.807, 2.05) is 13.8 Å². The number of methoxy groups -OCH3 is 1. The van der Waals surface area contributed by atoms with E-state index in [4.69, 9.17) is 9.47 Å². The Hall–Kier alpha value is -4.19. The monoisotopic (exact) mass is 492 g/mol. The Bertz CT molecular complexity index is 1220. The summed E-state index contributed by atoms with van der Waals surface area (Å²) in [5.41, 5.74) is 1.48. The second kappa shape index (κ2) is 11.0. The van der Waals surface area contributed by atoms with Crippen molar-refractivity contribution in [3.8, 4) is 5.88 Å². The maximum absolute atomic E-state index is 12.8. The fraction of sp³-hybridized carbons (Fsp3) is 0.375. The number of hydrogen-bond acceptors (Lipinski definition) is 10. The fourth-order valence-electron chi connectivity index (χ4n) is 3.39. The van der Waals surface area contributed by atoms with E-state index in [-0.39, 0.29) is 34.3 Å². The van der Waals surface area contributed by atoms with E-state index < -0.39 is 6.09 Å². The van der Waals surface area contributed by atoms with Gasteiger partial charge in [0, 0.05) is 31.2 Å². The highest BCUT2D eigenvalue weighted by Gasteiger charge is 2.27. The van der Waals surface area contributed by atoms with Gasteiger partial charge in [-0.15, -0.1) is 0 Å². The number of rotatable bonds is 10. The Labute approximate surface area is 208 Å². The molecule has 188 valence electrons. The molecule has 0 atom stereocenters. The minimum Gasteiger partial charge on any atom is -0.387 e. The zero-order valence-electron chi connectivity index (χ0n) is 20.3. The summed E-state index contributed by atoms with van der Waals surface area (Å²) < 4.78 is 10.7. The largest absolute Gasteiger partial charge is 0.418 e. The lowest BCUT2D eigenvalue weighted by Crippen LogP contribution is -2.37. The molecule has 2 amide bonds. The number of amides is 2. The van der Waals surface area contributed by atoms with Crippen molar-refractivity contribution in [2.24, 2.45) is 5.41 Å². The zero-order valence-corrected chi connectivity index (χ0v) is 20.3. The highest BCUT2D eigenvalue weighted by atomic mass is 16.6. The van der Waals surface area contributed by atoms with Crippen LogP contribution >= 0.6 is 0 Å². The first kappa shape index (κ1) is 24.9. The van der Waals surface area contributed by atoms with Crippen LogP contribution in [0.4, 0.5) is 22.0 Å². The van der Waals surface area contributed by atoms with E-state index in [1.165, 1.54) is 24.8 Å². The van der Waals surface area contributed by atoms with Crippen LogP contribution in [0.25, 0.3) is 0 Å². The van der Waals surface area contributed by atoms with Crippen LogP contribution < -0.4 is 20.7 Å². The molecular formula is C24H28N8O4. The van der Waals surface area contributed by atoms with Crippen LogP contribution in [0.5, 0.6) is 5.88 Å². The van der Waals surface area contributed by atoms with Gasteiger partial charge in [-0.25, -0.2) is 24.7 Å². The molecule has 1 aliphatic rings. The highest BCUT2D eigenvalue weighted by Crippen LogP contribution is 2.40. The fourth-order valence-corrected chi connectivity index (χ4v) is 3.39. The first-order valence-electron chi connectivity index (χ1n) is 11.4. The van der Waals surface area contributed by atoms with Gasteiger partial charge in [-0.3, -0.25) is 15.1 Å². The van der Waals surface area contributed by atoms with Gasteiger partial charge in [0.2, 0.25) is 0 Å². The minimum absolute atomic E-state index is 0.00281. The summed E-state index contributed by atoms with van der Waals surface area (Å²) in [4.78, 5) is 46.5. The Kier molecular flexibility index (Phi) is 7.64. The number of nitrogens with zero attached hydrogens (tertiary/aromatic N) is 5. The van der Waals surface area contributed by atoms with Gasteiger partial charge in [-0.05, 0) is 18.9 Å². The molecule has 1 fully saturated rings. The van der Waals surface area contributed by atoms with E-state index in [9.17, 15) is 9.59 Å². The molecule has 0 bridgehead atoms. The zero-order chi connectivity index (χ0) is 25.5. The van der Waals surface area contributed by atoms with Crippen molar-refractivity contribution in [1.82, 2.24) is 30.2 Å². The van der Waals surface area contributed by atoms with Gasteiger partial charge in [0.15, 0.2) is 5.82 Å². The number of anilines is 3. The maximum atomic E-state index is 12.8. The molecule has 1 saturated carbocycles. The molecule has 0 aliphatic heterocycles. The lowest BCUT2D eigenvalue weighted by molar-refractivity contribution is 0.0847. The number of ether oxygens (including phenoxy) is 2. The molecule has 4 rings (SSSR count). The smallest absolute Gasteiger partial charge is 0.387 e. The summed E-state index contributed by atoms with van der Waals surface area (Å²) in [6, 6.07) is 1.52. The lowest BCUT2D eigenvalue weighted by atomic mass is 9.95. The molecule has 3 aromatic heterocycles. The normalized spacial score (nSPS) is 13.1. The third kappa shape index (κ3) is 6.69. The molecule has 0 unspecified atom stereocenters. The SMILES string of the molecule is COCC(C)(C)CNC(=O)c1ccncc1NC(=O)Oc1nc(C2CC2)cnc1Nc1cncnc1. The molecule has 12 nitrogen and oxygen atoms in total. The number of hydrogen-bond donors (Lipinski definition) is 3. The number of carbonyl (C=O) groups is 2. The molecule has 12 heteroatoms. The Morgan fingerprint density at radius 1 is 1.11 bits per heavy atom. The number of aromatic nitrogens is 5. The standard InChI is InChI=1S/C24H28N8O4/c1-24(2,13-35-3)12-29-21(33)17-6-7-25-10-19(17)32-23(34)36-22-20(30-16-8-26-14-27-9-16)28-11-18(31-22)15-4-5-15/h6-11,14-15H,4-5,12-13H2,1-3H3,(H,28,30)(H,29,33)(H,32,34). The van der Waals surface area contributed by atoms with Crippen LogP contribution in [0, 0.1) is 5.41 Å². The van der Waals surface area contributed by atoms with Crippen molar-refractivity contribution < 1.29 is 19.1 Å². The summed E-state index contributed by atoms with van der Waals surface area (Å²) in [6.07, 6.45) is 10.2. The number of carbonyl (C=O) groups excluding carboxylic acids is 2. The van der Waals surface area contributed by atoms with Gasteiger partial charge < -0.3 is 20.1 Å². The van der Waals surface area contributed by atoms with E-state index in [1.54, 1.807) is 25.7 Å². The van der Waals surface area contributed by atoms with Crippen LogP contribution in [0.2, 0.25) is 0 Å². The quantitative estimate of drug-likeness (QED) is 0.384. The van der Waals surface area contributed by atoms with E-state index in [0.29, 0.717) is 24.8 Å². The highest BCUT2D eigenvalue weighted by molar-refractivity contribution is 6.02. The molecular weight excluding hydrogens is 464 g/mol. The molecule has 1 aliphatic carbocycles. The topological polar surface area (TPSA) is 153 Å². The predicted molar refractivity (Wildman–Crippen MR) is 131 cm³/mol. The third-order valence-electron chi connectivity index (χ3n) is 5.33. The second-order valence-corrected chi connectivity index (χ2v) is 9.19. The molecule has 36 heavy (non-hydrogen) atoms. The minimum atomic E-state index is -0.841. The lowest BCUT2D eigenvalue weighted by Gasteiger charge is -2.24. The molecule has 3 N–H and O–H groups in total. The molecule has 3 heterocycles. The van der Waals surface area contributed by atoms with Gasteiger partial charge in [-0.2, -0.15) is 0 Å². The summed E-state index contributed by atoms with van der Waals surface area (Å²) in [7, 11) is 1.61. The van der Waals surface area contributed by atoms with Crippen molar-refractivity contribution in [2.75, 3.05) is 30.9 Å². The Morgan fingerprint density at radius 2 is 1.89 bits per heavy atom. The van der Waals surface area contributed by atoms with E-state index in [2.05, 4.69) is 40.9 Å². The maximum Gasteiger partial charge on any atom is 0.418 e. The van der Waals surface area contributed by atoms with Crippen molar-refractivity contribution in [1.29, 1.82) is 0 Å². The van der Waals surface area contributed by atoms with Crippen LogP contribution in [0.3, 0.4) is 0 Å². The summed E-state index contributed by atoms with van der Waals surface area (Å²) >= 11 is 0. The Morgan fingerprint density at radius 3 is 2.61 bits per heavy atom. The van der Waals surface area contributed by atoms with Crippen molar-refractivity contribution in [3.63, 3.8) is 0 Å². The average molecular weight is 493 g/mol. The molecule has 3 aromatic rings. The molecule has 0 radical (unpaired) electrons. The summed E-state index contributed by atoms with van der Waals surface area (Å²) in [6.45, 7) is 4.81. The van der Waals surface area contributed by atoms with Crippen LogP contribution in [-0.2, 0) is 4.74 Å². The van der Waals surface area contributed by atoms with E-state index in [0.717, 1.165) is 18.5 Å². The number of nitrogens with one attached hydrogen (secondary N) is 3.